The highest BCUT2D eigenvalue weighted by Crippen LogP contribution is 2.42. The molecule has 6 rings (SSSR count). The topological polar surface area (TPSA) is 135 Å². The fraction of sp³-hybridized carbons (Fsp3) is 0.594. The van der Waals surface area contributed by atoms with Crippen molar-refractivity contribution in [2.75, 3.05) is 37.7 Å². The lowest BCUT2D eigenvalue weighted by molar-refractivity contribution is 0.0183. The lowest BCUT2D eigenvalue weighted by Gasteiger charge is -2.40. The Morgan fingerprint density at radius 2 is 1.89 bits per heavy atom. The van der Waals surface area contributed by atoms with E-state index in [-0.39, 0.29) is 43.8 Å². The van der Waals surface area contributed by atoms with E-state index in [1.165, 1.54) is 16.0 Å². The molecular formula is C32H41N7O5. The number of hydrogen-bond acceptors (Lipinski definition) is 9. The molecule has 1 aromatic heterocycles. The summed E-state index contributed by atoms with van der Waals surface area (Å²) in [7, 11) is 0. The zero-order valence-corrected chi connectivity index (χ0v) is 25.7. The molecule has 0 spiro atoms. The van der Waals surface area contributed by atoms with E-state index in [1.807, 2.05) is 20.8 Å². The van der Waals surface area contributed by atoms with E-state index in [9.17, 15) is 20.0 Å². The molecule has 3 aliphatic heterocycles. The van der Waals surface area contributed by atoms with Gasteiger partial charge in [0.05, 0.1) is 30.3 Å². The van der Waals surface area contributed by atoms with Gasteiger partial charge in [-0.2, -0.15) is 15.2 Å². The molecule has 0 bridgehead atoms. The number of carbonyl (C=O) groups is 2. The van der Waals surface area contributed by atoms with Gasteiger partial charge in [-0.3, -0.25) is 4.90 Å². The summed E-state index contributed by atoms with van der Waals surface area (Å²) in [4.78, 5) is 42.1. The quantitative estimate of drug-likeness (QED) is 0.508. The number of amides is 2. The molecule has 1 aromatic carbocycles. The van der Waals surface area contributed by atoms with Crippen LogP contribution < -0.4 is 9.64 Å². The number of fused-ring (bicyclic) bond motifs is 2. The number of carbonyl (C=O) groups excluding carboxylic acids is 1. The fourth-order valence-corrected chi connectivity index (χ4v) is 7.02. The Morgan fingerprint density at radius 3 is 2.66 bits per heavy atom. The molecule has 0 radical (unpaired) electrons. The van der Waals surface area contributed by atoms with E-state index in [4.69, 9.17) is 19.4 Å². The molecule has 0 saturated carbocycles. The second kappa shape index (κ2) is 12.1. The third kappa shape index (κ3) is 6.11. The van der Waals surface area contributed by atoms with Gasteiger partial charge in [0.2, 0.25) is 0 Å². The van der Waals surface area contributed by atoms with Crippen LogP contribution in [0.3, 0.4) is 0 Å². The molecule has 2 fully saturated rings. The van der Waals surface area contributed by atoms with Crippen LogP contribution in [-0.4, -0.2) is 92.4 Å². The first-order valence-corrected chi connectivity index (χ1v) is 15.6. The molecule has 3 atom stereocenters. The summed E-state index contributed by atoms with van der Waals surface area (Å²) in [6, 6.07) is 10.7. The Bertz CT molecular complexity index is 1450. The number of nitrogens with zero attached hydrogens (tertiary/aromatic N) is 7. The van der Waals surface area contributed by atoms with Gasteiger partial charge in [-0.25, -0.2) is 9.59 Å². The van der Waals surface area contributed by atoms with E-state index >= 15 is 0 Å². The Labute approximate surface area is 258 Å². The summed E-state index contributed by atoms with van der Waals surface area (Å²) in [5.41, 5.74) is 4.10. The van der Waals surface area contributed by atoms with E-state index < -0.39 is 17.7 Å². The lowest BCUT2D eigenvalue weighted by Crippen LogP contribution is -2.55. The number of aryl methyl sites for hydroxylation is 1. The first-order chi connectivity index (χ1) is 21.1. The van der Waals surface area contributed by atoms with Crippen LogP contribution in [0, 0.1) is 11.3 Å². The Balaban J connectivity index is 1.25. The number of rotatable bonds is 6. The largest absolute Gasteiger partial charge is 0.465 e. The van der Waals surface area contributed by atoms with Gasteiger partial charge in [-0.15, -0.1) is 0 Å². The average molecular weight is 604 g/mol. The zero-order chi connectivity index (χ0) is 31.0. The van der Waals surface area contributed by atoms with E-state index in [1.54, 1.807) is 4.90 Å². The number of carboxylic acid groups (broad SMARTS) is 1. The van der Waals surface area contributed by atoms with Crippen LogP contribution in [0.4, 0.5) is 15.4 Å². The van der Waals surface area contributed by atoms with Gasteiger partial charge in [0.15, 0.2) is 0 Å². The summed E-state index contributed by atoms with van der Waals surface area (Å²) in [6.07, 6.45) is 2.51. The normalized spacial score (nSPS) is 23.3. The van der Waals surface area contributed by atoms with Crippen LogP contribution in [-0.2, 0) is 24.2 Å². The molecule has 12 heteroatoms. The molecule has 2 saturated heterocycles. The van der Waals surface area contributed by atoms with Gasteiger partial charge in [-0.05, 0) is 57.6 Å². The average Bonchev–Trinajstić information content (AvgIpc) is 3.73. The summed E-state index contributed by atoms with van der Waals surface area (Å²) in [5, 5.41) is 19.2. The molecule has 2 aromatic rings. The third-order valence-corrected chi connectivity index (χ3v) is 9.07. The van der Waals surface area contributed by atoms with Crippen molar-refractivity contribution in [3.8, 4) is 12.1 Å². The van der Waals surface area contributed by atoms with Gasteiger partial charge in [0, 0.05) is 50.9 Å². The maximum atomic E-state index is 12.8. The zero-order valence-electron chi connectivity index (χ0n) is 25.7. The van der Waals surface area contributed by atoms with E-state index in [0.29, 0.717) is 32.7 Å². The van der Waals surface area contributed by atoms with Gasteiger partial charge < -0.3 is 29.3 Å². The maximum Gasteiger partial charge on any atom is 0.410 e. The van der Waals surface area contributed by atoms with Crippen molar-refractivity contribution in [1.29, 1.82) is 5.26 Å². The first-order valence-electron chi connectivity index (χ1n) is 15.6. The number of likely N-dealkylation sites (tertiary alicyclic amines) is 1. The summed E-state index contributed by atoms with van der Waals surface area (Å²) >= 11 is 0. The van der Waals surface area contributed by atoms with Crippen molar-refractivity contribution in [2.45, 2.75) is 89.7 Å². The number of hydrogen-bond donors (Lipinski definition) is 1. The minimum Gasteiger partial charge on any atom is -0.465 e. The molecule has 12 nitrogen and oxygen atoms in total. The van der Waals surface area contributed by atoms with Crippen molar-refractivity contribution in [3.05, 3.63) is 46.6 Å². The standard InChI is InChI=1S/C32H41N7O5/c1-32(2,3)44-31(42)39-14-6-8-23(39)20-43-29-34-26-19-37(27-11-10-21-7-4-5-9-24(21)27)18-25(26)28(35-29)36-15-16-38(30(40)41)22(17-36)12-13-33/h4-5,7,9,22-23,27H,6,8,10-12,14-20H2,1-3H3,(H,40,41)/t22-,23?,27?/m0/s1. The highest BCUT2D eigenvalue weighted by molar-refractivity contribution is 5.69. The second-order valence-electron chi connectivity index (χ2n) is 13.1. The van der Waals surface area contributed by atoms with Crippen LogP contribution in [0.5, 0.6) is 6.01 Å². The van der Waals surface area contributed by atoms with Crippen molar-refractivity contribution in [3.63, 3.8) is 0 Å². The van der Waals surface area contributed by atoms with Crippen molar-refractivity contribution < 1.29 is 24.2 Å². The van der Waals surface area contributed by atoms with E-state index in [2.05, 4.69) is 40.1 Å². The minimum absolute atomic E-state index is 0.104. The van der Waals surface area contributed by atoms with Crippen LogP contribution in [0.1, 0.15) is 74.9 Å². The summed E-state index contributed by atoms with van der Waals surface area (Å²) in [6.45, 7) is 8.88. The number of aromatic nitrogens is 2. The summed E-state index contributed by atoms with van der Waals surface area (Å²) < 4.78 is 11.9. The van der Waals surface area contributed by atoms with E-state index in [0.717, 1.165) is 42.8 Å². The molecule has 4 aliphatic rings. The number of nitriles is 1. The molecular weight excluding hydrogens is 562 g/mol. The summed E-state index contributed by atoms with van der Waals surface area (Å²) in [5.74, 6) is 0.738. The second-order valence-corrected chi connectivity index (χ2v) is 13.1. The van der Waals surface area contributed by atoms with Crippen LogP contribution in [0.25, 0.3) is 0 Å². The van der Waals surface area contributed by atoms with Crippen LogP contribution in [0.2, 0.25) is 0 Å². The lowest BCUT2D eigenvalue weighted by atomic mass is 10.1. The molecule has 2 amide bonds. The SMILES string of the molecule is CC(C)(C)OC(=O)N1CCCC1COc1nc2c(c(N3CCN(C(=O)O)[C@@H](CC#N)C3)n1)CN(C1CCc3ccccc31)C2. The fourth-order valence-electron chi connectivity index (χ4n) is 7.02. The molecule has 44 heavy (non-hydrogen) atoms. The van der Waals surface area contributed by atoms with Crippen LogP contribution in [0.15, 0.2) is 24.3 Å². The Hall–Kier alpha value is -4.11. The highest BCUT2D eigenvalue weighted by Gasteiger charge is 2.38. The smallest absolute Gasteiger partial charge is 0.410 e. The van der Waals surface area contributed by atoms with Crippen LogP contribution >= 0.6 is 0 Å². The first kappa shape index (κ1) is 29.9. The monoisotopic (exact) mass is 603 g/mol. The van der Waals surface area contributed by atoms with Crippen molar-refractivity contribution >= 4 is 18.0 Å². The predicted octanol–water partition coefficient (Wildman–Crippen LogP) is 4.34. The predicted molar refractivity (Wildman–Crippen MR) is 161 cm³/mol. The Morgan fingerprint density at radius 1 is 1.07 bits per heavy atom. The molecule has 4 heterocycles. The third-order valence-electron chi connectivity index (χ3n) is 9.07. The van der Waals surface area contributed by atoms with Gasteiger partial charge in [0.25, 0.3) is 0 Å². The molecule has 234 valence electrons. The van der Waals surface area contributed by atoms with Gasteiger partial charge >= 0.3 is 18.2 Å². The molecule has 2 unspecified atom stereocenters. The number of benzene rings is 1. The Kier molecular flexibility index (Phi) is 8.24. The maximum absolute atomic E-state index is 12.8. The van der Waals surface area contributed by atoms with Gasteiger partial charge in [0.1, 0.15) is 18.0 Å². The molecule has 1 aliphatic carbocycles. The highest BCUT2D eigenvalue weighted by atomic mass is 16.6. The number of anilines is 1. The van der Waals surface area contributed by atoms with Crippen molar-refractivity contribution in [2.24, 2.45) is 0 Å². The number of ether oxygens (including phenoxy) is 2. The minimum atomic E-state index is -1.01. The van der Waals surface area contributed by atoms with Crippen molar-refractivity contribution in [1.82, 2.24) is 24.7 Å². The van der Waals surface area contributed by atoms with Gasteiger partial charge in [-0.1, -0.05) is 24.3 Å². The number of piperazine rings is 1. The molecule has 1 N–H and O–H groups in total.